The van der Waals surface area contributed by atoms with Crippen molar-refractivity contribution in [2.75, 3.05) is 5.32 Å². The molecule has 0 aromatic carbocycles. The van der Waals surface area contributed by atoms with Crippen molar-refractivity contribution in [1.29, 1.82) is 0 Å². The van der Waals surface area contributed by atoms with E-state index in [1.165, 1.54) is 11.3 Å². The molecule has 0 aliphatic rings. The molecule has 2 rings (SSSR count). The number of hydrogen-bond donors (Lipinski definition) is 3. The SMILES string of the molecule is Cc1sc(NC(=O)NC(C)c2cccs2)c(C(=O)O)c1C. The number of hydrogen-bond acceptors (Lipinski definition) is 4. The summed E-state index contributed by atoms with van der Waals surface area (Å²) in [5, 5.41) is 17.0. The van der Waals surface area contributed by atoms with E-state index in [1.54, 1.807) is 18.3 Å². The summed E-state index contributed by atoms with van der Waals surface area (Å²) in [4.78, 5) is 25.2. The highest BCUT2D eigenvalue weighted by molar-refractivity contribution is 7.16. The molecule has 112 valence electrons. The van der Waals surface area contributed by atoms with Gasteiger partial charge in [0.2, 0.25) is 0 Å². The quantitative estimate of drug-likeness (QED) is 0.795. The molecule has 2 heterocycles. The van der Waals surface area contributed by atoms with Crippen LogP contribution in [0.15, 0.2) is 17.5 Å². The van der Waals surface area contributed by atoms with Crippen LogP contribution in [0, 0.1) is 13.8 Å². The third-order valence-electron chi connectivity index (χ3n) is 3.14. The normalized spacial score (nSPS) is 12.0. The van der Waals surface area contributed by atoms with Crippen LogP contribution in [-0.4, -0.2) is 17.1 Å². The van der Waals surface area contributed by atoms with Crippen molar-refractivity contribution in [2.24, 2.45) is 0 Å². The van der Waals surface area contributed by atoms with Gasteiger partial charge in [-0.3, -0.25) is 5.32 Å². The topological polar surface area (TPSA) is 78.4 Å². The average Bonchev–Trinajstić information content (AvgIpc) is 2.99. The summed E-state index contributed by atoms with van der Waals surface area (Å²) >= 11 is 2.83. The lowest BCUT2D eigenvalue weighted by molar-refractivity contribution is 0.0697. The van der Waals surface area contributed by atoms with Crippen LogP contribution < -0.4 is 10.6 Å². The van der Waals surface area contributed by atoms with Crippen molar-refractivity contribution in [2.45, 2.75) is 26.8 Å². The van der Waals surface area contributed by atoms with Crippen molar-refractivity contribution in [3.63, 3.8) is 0 Å². The van der Waals surface area contributed by atoms with Gasteiger partial charge in [0, 0.05) is 9.75 Å². The van der Waals surface area contributed by atoms with Crippen LogP contribution in [0.1, 0.15) is 38.6 Å². The molecule has 7 heteroatoms. The van der Waals surface area contributed by atoms with E-state index in [-0.39, 0.29) is 11.6 Å². The Bertz CT molecular complexity index is 662. The molecule has 0 saturated heterocycles. The molecule has 0 spiro atoms. The van der Waals surface area contributed by atoms with Gasteiger partial charge in [-0.25, -0.2) is 9.59 Å². The Kier molecular flexibility index (Phi) is 4.64. The molecule has 0 saturated carbocycles. The summed E-state index contributed by atoms with van der Waals surface area (Å²) < 4.78 is 0. The summed E-state index contributed by atoms with van der Waals surface area (Å²) in [6.07, 6.45) is 0. The fourth-order valence-corrected chi connectivity index (χ4v) is 3.70. The number of thiophene rings is 2. The first-order valence-corrected chi connectivity index (χ1v) is 8.04. The van der Waals surface area contributed by atoms with Gasteiger partial charge in [0.15, 0.2) is 0 Å². The number of aryl methyl sites for hydroxylation is 1. The molecule has 2 aromatic heterocycles. The monoisotopic (exact) mass is 324 g/mol. The van der Waals surface area contributed by atoms with Crippen LogP contribution in [-0.2, 0) is 0 Å². The number of carbonyl (C=O) groups is 2. The van der Waals surface area contributed by atoms with E-state index in [0.717, 1.165) is 9.75 Å². The Balaban J connectivity index is 2.10. The average molecular weight is 324 g/mol. The van der Waals surface area contributed by atoms with Gasteiger partial charge in [-0.05, 0) is 37.8 Å². The van der Waals surface area contributed by atoms with Crippen molar-refractivity contribution >= 4 is 39.7 Å². The second-order valence-electron chi connectivity index (χ2n) is 4.63. The van der Waals surface area contributed by atoms with E-state index >= 15 is 0 Å². The second-order valence-corrected chi connectivity index (χ2v) is 6.83. The Hall–Kier alpha value is -1.86. The van der Waals surface area contributed by atoms with Crippen LogP contribution in [0.25, 0.3) is 0 Å². The molecular formula is C14H16N2O3S2. The zero-order valence-electron chi connectivity index (χ0n) is 11.9. The fraction of sp³-hybridized carbons (Fsp3) is 0.286. The molecule has 0 fully saturated rings. The molecule has 5 nitrogen and oxygen atoms in total. The summed E-state index contributed by atoms with van der Waals surface area (Å²) in [7, 11) is 0. The number of urea groups is 1. The number of nitrogens with one attached hydrogen (secondary N) is 2. The molecule has 3 N–H and O–H groups in total. The third kappa shape index (κ3) is 3.43. The van der Waals surface area contributed by atoms with Crippen molar-refractivity contribution in [3.05, 3.63) is 38.4 Å². The zero-order valence-corrected chi connectivity index (χ0v) is 13.5. The first-order chi connectivity index (χ1) is 9.90. The molecule has 0 aliphatic heterocycles. The van der Waals surface area contributed by atoms with Crippen LogP contribution in [0.3, 0.4) is 0 Å². The number of aromatic carboxylic acids is 1. The third-order valence-corrected chi connectivity index (χ3v) is 5.32. The molecule has 0 radical (unpaired) electrons. The zero-order chi connectivity index (χ0) is 15.6. The van der Waals surface area contributed by atoms with E-state index in [4.69, 9.17) is 0 Å². The molecule has 1 unspecified atom stereocenters. The molecule has 0 aliphatic carbocycles. The van der Waals surface area contributed by atoms with Crippen LogP contribution in [0.5, 0.6) is 0 Å². The number of anilines is 1. The molecule has 2 aromatic rings. The van der Waals surface area contributed by atoms with E-state index < -0.39 is 12.0 Å². The fourth-order valence-electron chi connectivity index (χ4n) is 1.92. The Morgan fingerprint density at radius 2 is 2.05 bits per heavy atom. The predicted molar refractivity (Wildman–Crippen MR) is 85.6 cm³/mol. The van der Waals surface area contributed by atoms with Gasteiger partial charge in [-0.1, -0.05) is 6.07 Å². The number of carboxylic acid groups (broad SMARTS) is 1. The molecular weight excluding hydrogens is 308 g/mol. The maximum absolute atomic E-state index is 12.0. The lowest BCUT2D eigenvalue weighted by Crippen LogP contribution is -2.31. The molecule has 21 heavy (non-hydrogen) atoms. The molecule has 0 bridgehead atoms. The van der Waals surface area contributed by atoms with Gasteiger partial charge >= 0.3 is 12.0 Å². The largest absolute Gasteiger partial charge is 0.478 e. The van der Waals surface area contributed by atoms with Crippen molar-refractivity contribution in [1.82, 2.24) is 5.32 Å². The van der Waals surface area contributed by atoms with Gasteiger partial charge < -0.3 is 10.4 Å². The maximum atomic E-state index is 12.0. The number of carbonyl (C=O) groups excluding carboxylic acids is 1. The van der Waals surface area contributed by atoms with Crippen LogP contribution in [0.2, 0.25) is 0 Å². The minimum Gasteiger partial charge on any atom is -0.478 e. The standard InChI is InChI=1S/C14H16N2O3S2/c1-7-9(3)21-12(11(7)13(17)18)16-14(19)15-8(2)10-5-4-6-20-10/h4-6,8H,1-3H3,(H,17,18)(H2,15,16,19). The van der Waals surface area contributed by atoms with Crippen LogP contribution in [0.4, 0.5) is 9.80 Å². The van der Waals surface area contributed by atoms with Crippen LogP contribution >= 0.6 is 22.7 Å². The summed E-state index contributed by atoms with van der Waals surface area (Å²) in [5.74, 6) is -1.03. The summed E-state index contributed by atoms with van der Waals surface area (Å²) in [6.45, 7) is 5.46. The Morgan fingerprint density at radius 1 is 1.33 bits per heavy atom. The highest BCUT2D eigenvalue weighted by Gasteiger charge is 2.21. The van der Waals surface area contributed by atoms with Crippen molar-refractivity contribution < 1.29 is 14.7 Å². The summed E-state index contributed by atoms with van der Waals surface area (Å²) in [6, 6.07) is 3.34. The maximum Gasteiger partial charge on any atom is 0.338 e. The summed E-state index contributed by atoms with van der Waals surface area (Å²) in [5.41, 5.74) is 0.852. The Labute approximate surface area is 130 Å². The van der Waals surface area contributed by atoms with Gasteiger partial charge in [-0.15, -0.1) is 22.7 Å². The van der Waals surface area contributed by atoms with E-state index in [9.17, 15) is 14.7 Å². The molecule has 2 amide bonds. The first kappa shape index (κ1) is 15.5. The van der Waals surface area contributed by atoms with Gasteiger partial charge in [0.05, 0.1) is 11.6 Å². The van der Waals surface area contributed by atoms with Gasteiger partial charge in [0.25, 0.3) is 0 Å². The number of carboxylic acids is 1. The first-order valence-electron chi connectivity index (χ1n) is 6.34. The van der Waals surface area contributed by atoms with Crippen molar-refractivity contribution in [3.8, 4) is 0 Å². The lowest BCUT2D eigenvalue weighted by Gasteiger charge is -2.12. The van der Waals surface area contributed by atoms with E-state index in [2.05, 4.69) is 10.6 Å². The minimum absolute atomic E-state index is 0.125. The predicted octanol–water partition coefficient (Wildman–Crippen LogP) is 4.01. The second kappa shape index (κ2) is 6.28. The highest BCUT2D eigenvalue weighted by atomic mass is 32.1. The lowest BCUT2D eigenvalue weighted by atomic mass is 10.1. The number of amides is 2. The van der Waals surface area contributed by atoms with Gasteiger partial charge in [-0.2, -0.15) is 0 Å². The Morgan fingerprint density at radius 3 is 2.62 bits per heavy atom. The van der Waals surface area contributed by atoms with Gasteiger partial charge in [0.1, 0.15) is 5.00 Å². The van der Waals surface area contributed by atoms with E-state index in [0.29, 0.717) is 10.6 Å². The van der Waals surface area contributed by atoms with E-state index in [1.807, 2.05) is 31.4 Å². The molecule has 1 atom stereocenters. The smallest absolute Gasteiger partial charge is 0.338 e. The number of rotatable bonds is 4. The highest BCUT2D eigenvalue weighted by Crippen LogP contribution is 2.32. The minimum atomic E-state index is -1.03.